The Kier molecular flexibility index (Phi) is 3.15. The summed E-state index contributed by atoms with van der Waals surface area (Å²) in [5.74, 6) is 0.738. The molecule has 1 atom stereocenters. The summed E-state index contributed by atoms with van der Waals surface area (Å²) in [6.45, 7) is 8.54. The molecule has 1 aromatic heterocycles. The minimum atomic E-state index is 0.153. The SMILES string of the molecule is CC(C)(C)c1ccc(OC2CCNC2)nc1. The molecule has 3 nitrogen and oxygen atoms in total. The highest BCUT2D eigenvalue weighted by Crippen LogP contribution is 2.23. The fourth-order valence-electron chi connectivity index (χ4n) is 1.79. The number of aromatic nitrogens is 1. The molecule has 1 aromatic rings. The zero-order valence-electron chi connectivity index (χ0n) is 10.3. The van der Waals surface area contributed by atoms with E-state index in [9.17, 15) is 0 Å². The van der Waals surface area contributed by atoms with Gasteiger partial charge in [-0.15, -0.1) is 0 Å². The summed E-state index contributed by atoms with van der Waals surface area (Å²) in [4.78, 5) is 4.36. The van der Waals surface area contributed by atoms with Crippen molar-refractivity contribution >= 4 is 0 Å². The van der Waals surface area contributed by atoms with Crippen LogP contribution >= 0.6 is 0 Å². The van der Waals surface area contributed by atoms with Crippen LogP contribution in [0.1, 0.15) is 32.8 Å². The van der Waals surface area contributed by atoms with Gasteiger partial charge in [-0.3, -0.25) is 0 Å². The van der Waals surface area contributed by atoms with E-state index in [0.29, 0.717) is 0 Å². The molecule has 0 spiro atoms. The summed E-state index contributed by atoms with van der Waals surface area (Å²) in [7, 11) is 0. The van der Waals surface area contributed by atoms with E-state index in [-0.39, 0.29) is 11.5 Å². The molecule has 2 rings (SSSR count). The lowest BCUT2D eigenvalue weighted by molar-refractivity contribution is 0.214. The van der Waals surface area contributed by atoms with Crippen LogP contribution < -0.4 is 10.1 Å². The Bertz CT molecular complexity index is 334. The van der Waals surface area contributed by atoms with Crippen molar-refractivity contribution in [2.75, 3.05) is 13.1 Å². The Morgan fingerprint density at radius 2 is 2.19 bits per heavy atom. The lowest BCUT2D eigenvalue weighted by Gasteiger charge is -2.19. The molecule has 2 heterocycles. The minimum absolute atomic E-state index is 0.153. The highest BCUT2D eigenvalue weighted by atomic mass is 16.5. The second kappa shape index (κ2) is 4.42. The van der Waals surface area contributed by atoms with Crippen LogP contribution in [0.2, 0.25) is 0 Å². The predicted molar refractivity (Wildman–Crippen MR) is 64.8 cm³/mol. The van der Waals surface area contributed by atoms with Gasteiger partial charge in [0.15, 0.2) is 0 Å². The van der Waals surface area contributed by atoms with Gasteiger partial charge in [-0.2, -0.15) is 0 Å². The number of pyridine rings is 1. The van der Waals surface area contributed by atoms with Gasteiger partial charge in [-0.25, -0.2) is 4.98 Å². The van der Waals surface area contributed by atoms with Crippen molar-refractivity contribution in [3.8, 4) is 5.88 Å². The normalized spacial score (nSPS) is 21.1. The molecule has 1 fully saturated rings. The van der Waals surface area contributed by atoms with Crippen molar-refractivity contribution in [3.63, 3.8) is 0 Å². The second-order valence-electron chi connectivity index (χ2n) is 5.37. The van der Waals surface area contributed by atoms with E-state index >= 15 is 0 Å². The number of hydrogen-bond acceptors (Lipinski definition) is 3. The smallest absolute Gasteiger partial charge is 0.213 e. The zero-order chi connectivity index (χ0) is 11.6. The third-order valence-corrected chi connectivity index (χ3v) is 2.90. The first-order valence-electron chi connectivity index (χ1n) is 5.89. The topological polar surface area (TPSA) is 34.1 Å². The van der Waals surface area contributed by atoms with Gasteiger partial charge in [-0.05, 0) is 23.9 Å². The molecule has 1 aliphatic rings. The van der Waals surface area contributed by atoms with E-state index in [4.69, 9.17) is 4.74 Å². The first-order chi connectivity index (χ1) is 7.55. The maximum atomic E-state index is 5.77. The van der Waals surface area contributed by atoms with Crippen LogP contribution in [-0.4, -0.2) is 24.2 Å². The third kappa shape index (κ3) is 2.73. The Morgan fingerprint density at radius 1 is 1.38 bits per heavy atom. The lowest BCUT2D eigenvalue weighted by Crippen LogP contribution is -2.20. The summed E-state index contributed by atoms with van der Waals surface area (Å²) in [6.07, 6.45) is 3.27. The van der Waals surface area contributed by atoms with Crippen molar-refractivity contribution in [3.05, 3.63) is 23.9 Å². The van der Waals surface area contributed by atoms with Gasteiger partial charge in [0.25, 0.3) is 0 Å². The van der Waals surface area contributed by atoms with E-state index in [1.807, 2.05) is 12.3 Å². The minimum Gasteiger partial charge on any atom is -0.473 e. The zero-order valence-corrected chi connectivity index (χ0v) is 10.3. The molecular formula is C13H20N2O. The largest absolute Gasteiger partial charge is 0.473 e. The molecule has 1 N–H and O–H groups in total. The number of nitrogens with zero attached hydrogens (tertiary/aromatic N) is 1. The van der Waals surface area contributed by atoms with Gasteiger partial charge in [0.2, 0.25) is 5.88 Å². The van der Waals surface area contributed by atoms with Gasteiger partial charge in [0.05, 0.1) is 0 Å². The number of ether oxygens (including phenoxy) is 1. The van der Waals surface area contributed by atoms with Crippen molar-refractivity contribution in [1.82, 2.24) is 10.3 Å². The summed E-state index contributed by atoms with van der Waals surface area (Å²) >= 11 is 0. The average Bonchev–Trinajstić information content (AvgIpc) is 2.70. The molecule has 0 radical (unpaired) electrons. The molecule has 1 saturated heterocycles. The molecule has 3 heteroatoms. The molecule has 0 saturated carbocycles. The first-order valence-corrected chi connectivity index (χ1v) is 5.89. The average molecular weight is 220 g/mol. The van der Waals surface area contributed by atoms with Crippen LogP contribution in [-0.2, 0) is 5.41 Å². The van der Waals surface area contributed by atoms with Crippen LogP contribution in [0.5, 0.6) is 5.88 Å². The predicted octanol–water partition coefficient (Wildman–Crippen LogP) is 2.12. The number of nitrogens with one attached hydrogen (secondary N) is 1. The molecule has 16 heavy (non-hydrogen) atoms. The van der Waals surface area contributed by atoms with Crippen LogP contribution in [0.25, 0.3) is 0 Å². The summed E-state index contributed by atoms with van der Waals surface area (Å²) in [5.41, 5.74) is 1.39. The highest BCUT2D eigenvalue weighted by Gasteiger charge is 2.17. The van der Waals surface area contributed by atoms with Gasteiger partial charge in [0.1, 0.15) is 6.10 Å². The second-order valence-corrected chi connectivity index (χ2v) is 5.37. The first kappa shape index (κ1) is 11.4. The number of rotatable bonds is 2. The van der Waals surface area contributed by atoms with Gasteiger partial charge in [-0.1, -0.05) is 26.8 Å². The highest BCUT2D eigenvalue weighted by molar-refractivity contribution is 5.23. The Morgan fingerprint density at radius 3 is 2.69 bits per heavy atom. The van der Waals surface area contributed by atoms with Gasteiger partial charge < -0.3 is 10.1 Å². The fourth-order valence-corrected chi connectivity index (χ4v) is 1.79. The van der Waals surface area contributed by atoms with Crippen molar-refractivity contribution < 1.29 is 4.74 Å². The Hall–Kier alpha value is -1.09. The van der Waals surface area contributed by atoms with E-state index in [1.54, 1.807) is 0 Å². The van der Waals surface area contributed by atoms with E-state index in [1.165, 1.54) is 5.56 Å². The molecule has 0 bridgehead atoms. The molecule has 0 amide bonds. The van der Waals surface area contributed by atoms with E-state index in [0.717, 1.165) is 25.4 Å². The standard InChI is InChI=1S/C13H20N2O/c1-13(2,3)10-4-5-12(15-8-10)16-11-6-7-14-9-11/h4-5,8,11,14H,6-7,9H2,1-3H3. The van der Waals surface area contributed by atoms with Crippen molar-refractivity contribution in [1.29, 1.82) is 0 Å². The Labute approximate surface area is 97.2 Å². The van der Waals surface area contributed by atoms with Crippen LogP contribution in [0.3, 0.4) is 0 Å². The molecule has 88 valence electrons. The molecule has 0 aromatic carbocycles. The van der Waals surface area contributed by atoms with Gasteiger partial charge in [0, 0.05) is 18.8 Å². The molecule has 1 aliphatic heterocycles. The third-order valence-electron chi connectivity index (χ3n) is 2.90. The number of hydrogen-bond donors (Lipinski definition) is 1. The summed E-state index contributed by atoms with van der Waals surface area (Å²) in [6, 6.07) is 4.07. The van der Waals surface area contributed by atoms with Crippen molar-refractivity contribution in [2.24, 2.45) is 0 Å². The summed E-state index contributed by atoms with van der Waals surface area (Å²) in [5, 5.41) is 3.28. The van der Waals surface area contributed by atoms with Gasteiger partial charge >= 0.3 is 0 Å². The molecule has 0 aliphatic carbocycles. The van der Waals surface area contributed by atoms with Crippen molar-refractivity contribution in [2.45, 2.75) is 38.7 Å². The lowest BCUT2D eigenvalue weighted by atomic mass is 9.88. The van der Waals surface area contributed by atoms with E-state index in [2.05, 4.69) is 37.1 Å². The molecular weight excluding hydrogens is 200 g/mol. The quantitative estimate of drug-likeness (QED) is 0.829. The van der Waals surface area contributed by atoms with E-state index < -0.39 is 0 Å². The Balaban J connectivity index is 2.01. The van der Waals surface area contributed by atoms with Crippen LogP contribution in [0.4, 0.5) is 0 Å². The van der Waals surface area contributed by atoms with Crippen LogP contribution in [0.15, 0.2) is 18.3 Å². The monoisotopic (exact) mass is 220 g/mol. The maximum absolute atomic E-state index is 5.77. The fraction of sp³-hybridized carbons (Fsp3) is 0.615. The summed E-state index contributed by atoms with van der Waals surface area (Å²) < 4.78 is 5.77. The molecule has 1 unspecified atom stereocenters. The maximum Gasteiger partial charge on any atom is 0.213 e. The van der Waals surface area contributed by atoms with Crippen LogP contribution in [0, 0.1) is 0 Å².